The molecular formula is C22H35N5O2. The summed E-state index contributed by atoms with van der Waals surface area (Å²) >= 11 is 0. The van der Waals surface area contributed by atoms with E-state index in [-0.39, 0.29) is 12.5 Å². The van der Waals surface area contributed by atoms with Crippen LogP contribution in [0.15, 0.2) is 18.3 Å². The Labute approximate surface area is 173 Å². The van der Waals surface area contributed by atoms with Gasteiger partial charge in [-0.05, 0) is 52.9 Å². The molecule has 160 valence electrons. The van der Waals surface area contributed by atoms with Crippen molar-refractivity contribution < 1.29 is 9.53 Å². The molecule has 7 nitrogen and oxygen atoms in total. The van der Waals surface area contributed by atoms with Gasteiger partial charge in [-0.1, -0.05) is 13.8 Å². The van der Waals surface area contributed by atoms with Crippen LogP contribution < -0.4 is 10.6 Å². The summed E-state index contributed by atoms with van der Waals surface area (Å²) in [6.07, 6.45) is 7.00. The molecule has 0 saturated heterocycles. The number of nitrogens with zero attached hydrogens (tertiary/aromatic N) is 3. The summed E-state index contributed by atoms with van der Waals surface area (Å²) in [7, 11) is 0. The van der Waals surface area contributed by atoms with Crippen LogP contribution >= 0.6 is 0 Å². The minimum absolute atomic E-state index is 0.198. The number of carbonyl (C=O) groups is 1. The molecule has 2 N–H and O–H groups in total. The SMILES string of the molecule is CCC(CC)c1cc(N[C@H]2CC[C@H](NCC(=O)OC(C)(C)C)C2)n2nccc2n1. The molecule has 0 amide bonds. The van der Waals surface area contributed by atoms with Crippen molar-refractivity contribution in [3.63, 3.8) is 0 Å². The highest BCUT2D eigenvalue weighted by Gasteiger charge is 2.26. The van der Waals surface area contributed by atoms with E-state index >= 15 is 0 Å². The fourth-order valence-electron chi connectivity index (χ4n) is 4.06. The second-order valence-corrected chi connectivity index (χ2v) is 9.00. The first-order valence-electron chi connectivity index (χ1n) is 10.9. The molecule has 2 heterocycles. The smallest absolute Gasteiger partial charge is 0.320 e. The van der Waals surface area contributed by atoms with Crippen molar-refractivity contribution in [1.29, 1.82) is 0 Å². The summed E-state index contributed by atoms with van der Waals surface area (Å²) < 4.78 is 7.26. The van der Waals surface area contributed by atoms with Gasteiger partial charge in [-0.3, -0.25) is 4.79 Å². The zero-order valence-electron chi connectivity index (χ0n) is 18.4. The van der Waals surface area contributed by atoms with Gasteiger partial charge in [0.15, 0.2) is 5.65 Å². The Morgan fingerprint density at radius 1 is 1.28 bits per heavy atom. The summed E-state index contributed by atoms with van der Waals surface area (Å²) in [6, 6.07) is 4.76. The van der Waals surface area contributed by atoms with E-state index in [4.69, 9.17) is 9.72 Å². The molecule has 29 heavy (non-hydrogen) atoms. The lowest BCUT2D eigenvalue weighted by Gasteiger charge is -2.21. The molecule has 0 aromatic carbocycles. The van der Waals surface area contributed by atoms with Crippen LogP contribution in [0.5, 0.6) is 0 Å². The lowest BCUT2D eigenvalue weighted by atomic mass is 9.99. The monoisotopic (exact) mass is 401 g/mol. The Hall–Kier alpha value is -2.15. The Morgan fingerprint density at radius 2 is 2.00 bits per heavy atom. The molecule has 1 saturated carbocycles. The zero-order valence-corrected chi connectivity index (χ0v) is 18.4. The zero-order chi connectivity index (χ0) is 21.0. The fraction of sp³-hybridized carbons (Fsp3) is 0.682. The van der Waals surface area contributed by atoms with E-state index in [9.17, 15) is 4.79 Å². The second kappa shape index (κ2) is 9.11. The first-order chi connectivity index (χ1) is 13.8. The lowest BCUT2D eigenvalue weighted by Crippen LogP contribution is -2.36. The Balaban J connectivity index is 1.61. The van der Waals surface area contributed by atoms with E-state index in [2.05, 4.69) is 35.6 Å². The number of nitrogens with one attached hydrogen (secondary N) is 2. The molecule has 0 aliphatic heterocycles. The number of anilines is 1. The molecule has 0 unspecified atom stereocenters. The van der Waals surface area contributed by atoms with Crippen LogP contribution in [-0.2, 0) is 9.53 Å². The molecule has 7 heteroatoms. The number of aromatic nitrogens is 3. The molecule has 0 bridgehead atoms. The van der Waals surface area contributed by atoms with Crippen molar-refractivity contribution in [3.8, 4) is 0 Å². The topological polar surface area (TPSA) is 80.5 Å². The molecule has 0 spiro atoms. The lowest BCUT2D eigenvalue weighted by molar-refractivity contribution is -0.153. The summed E-state index contributed by atoms with van der Waals surface area (Å²) in [4.78, 5) is 16.7. The van der Waals surface area contributed by atoms with Crippen LogP contribution in [0.3, 0.4) is 0 Å². The van der Waals surface area contributed by atoms with E-state index in [1.807, 2.05) is 31.4 Å². The maximum Gasteiger partial charge on any atom is 0.320 e. The highest BCUT2D eigenvalue weighted by Crippen LogP contribution is 2.27. The molecule has 2 aromatic rings. The summed E-state index contributed by atoms with van der Waals surface area (Å²) in [5.41, 5.74) is 1.57. The number of hydrogen-bond donors (Lipinski definition) is 2. The van der Waals surface area contributed by atoms with Crippen molar-refractivity contribution in [3.05, 3.63) is 24.0 Å². The number of esters is 1. The van der Waals surface area contributed by atoms with Crippen molar-refractivity contribution in [2.24, 2.45) is 0 Å². The van der Waals surface area contributed by atoms with Crippen LogP contribution in [0, 0.1) is 0 Å². The van der Waals surface area contributed by atoms with Gasteiger partial charge in [0.25, 0.3) is 0 Å². The van der Waals surface area contributed by atoms with Crippen LogP contribution in [0.2, 0.25) is 0 Å². The van der Waals surface area contributed by atoms with Gasteiger partial charge in [-0.15, -0.1) is 0 Å². The van der Waals surface area contributed by atoms with Gasteiger partial charge >= 0.3 is 5.97 Å². The van der Waals surface area contributed by atoms with Crippen LogP contribution in [0.4, 0.5) is 5.82 Å². The van der Waals surface area contributed by atoms with Gasteiger partial charge in [0.2, 0.25) is 0 Å². The Bertz CT molecular complexity index is 822. The van der Waals surface area contributed by atoms with Crippen molar-refractivity contribution in [2.75, 3.05) is 11.9 Å². The first-order valence-corrected chi connectivity index (χ1v) is 10.9. The molecule has 1 aliphatic carbocycles. The fourth-order valence-corrected chi connectivity index (χ4v) is 4.06. The quantitative estimate of drug-likeness (QED) is 0.653. The maximum atomic E-state index is 11.9. The Morgan fingerprint density at radius 3 is 2.69 bits per heavy atom. The summed E-state index contributed by atoms with van der Waals surface area (Å²) in [6.45, 7) is 10.3. The van der Waals surface area contributed by atoms with Crippen LogP contribution in [-0.4, -0.2) is 44.8 Å². The molecule has 0 radical (unpaired) electrons. The number of ether oxygens (including phenoxy) is 1. The van der Waals surface area contributed by atoms with Crippen molar-refractivity contribution >= 4 is 17.4 Å². The molecule has 2 aromatic heterocycles. The molecule has 3 rings (SSSR count). The average molecular weight is 402 g/mol. The number of carbonyl (C=O) groups excluding carboxylic acids is 1. The number of fused-ring (bicyclic) bond motifs is 1. The predicted octanol–water partition coefficient (Wildman–Crippen LogP) is 3.90. The normalized spacial score (nSPS) is 19.8. The minimum Gasteiger partial charge on any atom is -0.459 e. The molecule has 2 atom stereocenters. The highest BCUT2D eigenvalue weighted by molar-refractivity contribution is 5.72. The van der Waals surface area contributed by atoms with Crippen LogP contribution in [0.25, 0.3) is 5.65 Å². The van der Waals surface area contributed by atoms with E-state index in [1.54, 1.807) is 6.20 Å². The van der Waals surface area contributed by atoms with E-state index in [1.165, 1.54) is 0 Å². The van der Waals surface area contributed by atoms with E-state index in [0.29, 0.717) is 18.0 Å². The van der Waals surface area contributed by atoms with Crippen molar-refractivity contribution in [1.82, 2.24) is 19.9 Å². The largest absolute Gasteiger partial charge is 0.459 e. The summed E-state index contributed by atoms with van der Waals surface area (Å²) in [5, 5.41) is 11.5. The Kier molecular flexibility index (Phi) is 6.77. The minimum atomic E-state index is -0.443. The maximum absolute atomic E-state index is 11.9. The van der Waals surface area contributed by atoms with E-state index < -0.39 is 5.60 Å². The van der Waals surface area contributed by atoms with Gasteiger partial charge in [0.1, 0.15) is 11.4 Å². The number of rotatable bonds is 8. The van der Waals surface area contributed by atoms with Gasteiger partial charge < -0.3 is 15.4 Å². The highest BCUT2D eigenvalue weighted by atomic mass is 16.6. The molecule has 1 fully saturated rings. The first kappa shape index (κ1) is 21.6. The standard InChI is InChI=1S/C22H35N5O2/c1-6-15(7-2)18-13-20(27-19(26-18)10-11-24-27)25-17-9-8-16(12-17)23-14-21(28)29-22(3,4)5/h10-11,13,15-17,23,25H,6-9,12,14H2,1-5H3/t16-,17-/m0/s1. The van der Waals surface area contributed by atoms with Gasteiger partial charge in [0, 0.05) is 35.8 Å². The second-order valence-electron chi connectivity index (χ2n) is 9.00. The molecular weight excluding hydrogens is 366 g/mol. The summed E-state index contributed by atoms with van der Waals surface area (Å²) in [5.74, 6) is 1.26. The van der Waals surface area contributed by atoms with Crippen molar-refractivity contribution in [2.45, 2.75) is 90.3 Å². The third-order valence-electron chi connectivity index (χ3n) is 5.52. The third-order valence-corrected chi connectivity index (χ3v) is 5.52. The number of hydrogen-bond acceptors (Lipinski definition) is 6. The average Bonchev–Trinajstić information content (AvgIpc) is 3.29. The van der Waals surface area contributed by atoms with Gasteiger partial charge in [-0.2, -0.15) is 9.61 Å². The van der Waals surface area contributed by atoms with Gasteiger partial charge in [-0.25, -0.2) is 4.98 Å². The predicted molar refractivity (Wildman–Crippen MR) is 115 cm³/mol. The van der Waals surface area contributed by atoms with Crippen LogP contribution in [0.1, 0.15) is 78.3 Å². The van der Waals surface area contributed by atoms with E-state index in [0.717, 1.165) is 49.3 Å². The third kappa shape index (κ3) is 5.69. The van der Waals surface area contributed by atoms with Gasteiger partial charge in [0.05, 0.1) is 12.7 Å². The molecule has 1 aliphatic rings.